The van der Waals surface area contributed by atoms with Crippen molar-refractivity contribution in [3.63, 3.8) is 0 Å². The van der Waals surface area contributed by atoms with Gasteiger partial charge < -0.3 is 10.6 Å². The number of fused-ring (bicyclic) bond motifs is 1. The molecular weight excluding hydrogens is 352 g/mol. The van der Waals surface area contributed by atoms with Gasteiger partial charge in [-0.2, -0.15) is 4.98 Å². The first-order valence-electron chi connectivity index (χ1n) is 9.00. The standard InChI is InChI=1S/C21H20N6O/c1-14(16-6-4-3-5-7-16)24-21-22-11-10-20(26-21)27-13-23-18-9-8-17(12-19(18)27)25-15(2)28/h3-14H,1-2H3,(H,25,28)(H,22,24,26). The Morgan fingerprint density at radius 3 is 2.68 bits per heavy atom. The minimum absolute atomic E-state index is 0.0716. The molecule has 2 heterocycles. The molecule has 0 aliphatic carbocycles. The van der Waals surface area contributed by atoms with Crippen molar-refractivity contribution in [3.8, 4) is 5.82 Å². The van der Waals surface area contributed by atoms with Crippen LogP contribution in [-0.2, 0) is 4.79 Å². The number of rotatable bonds is 5. The molecular formula is C21H20N6O. The van der Waals surface area contributed by atoms with Gasteiger partial charge in [-0.15, -0.1) is 0 Å². The molecule has 0 fully saturated rings. The Hall–Kier alpha value is -3.74. The van der Waals surface area contributed by atoms with Gasteiger partial charge in [0.05, 0.1) is 17.1 Å². The molecule has 4 aromatic rings. The molecule has 0 aliphatic heterocycles. The number of imidazole rings is 1. The zero-order valence-electron chi connectivity index (χ0n) is 15.6. The first-order chi connectivity index (χ1) is 13.6. The van der Waals surface area contributed by atoms with Crippen molar-refractivity contribution in [2.45, 2.75) is 19.9 Å². The van der Waals surface area contributed by atoms with Gasteiger partial charge in [0.2, 0.25) is 11.9 Å². The highest BCUT2D eigenvalue weighted by Crippen LogP contribution is 2.22. The van der Waals surface area contributed by atoms with Crippen molar-refractivity contribution in [2.75, 3.05) is 10.6 Å². The van der Waals surface area contributed by atoms with Crippen molar-refractivity contribution in [1.29, 1.82) is 0 Å². The molecule has 4 rings (SSSR count). The smallest absolute Gasteiger partial charge is 0.225 e. The van der Waals surface area contributed by atoms with Crippen molar-refractivity contribution < 1.29 is 4.79 Å². The minimum atomic E-state index is -0.117. The summed E-state index contributed by atoms with van der Waals surface area (Å²) in [6.07, 6.45) is 3.43. The summed E-state index contributed by atoms with van der Waals surface area (Å²) < 4.78 is 1.88. The van der Waals surface area contributed by atoms with Gasteiger partial charge in [-0.25, -0.2) is 9.97 Å². The molecule has 1 amide bonds. The number of benzene rings is 2. The lowest BCUT2D eigenvalue weighted by molar-refractivity contribution is -0.114. The Balaban J connectivity index is 1.65. The van der Waals surface area contributed by atoms with E-state index in [1.54, 1.807) is 12.5 Å². The topological polar surface area (TPSA) is 84.7 Å². The number of nitrogens with one attached hydrogen (secondary N) is 2. The zero-order valence-corrected chi connectivity index (χ0v) is 15.6. The Bertz CT molecular complexity index is 1120. The van der Waals surface area contributed by atoms with Gasteiger partial charge in [0, 0.05) is 18.8 Å². The zero-order chi connectivity index (χ0) is 19.5. The molecule has 0 bridgehead atoms. The van der Waals surface area contributed by atoms with E-state index in [4.69, 9.17) is 0 Å². The maximum Gasteiger partial charge on any atom is 0.225 e. The average molecular weight is 372 g/mol. The third-order valence-electron chi connectivity index (χ3n) is 4.40. The lowest BCUT2D eigenvalue weighted by Gasteiger charge is -2.14. The SMILES string of the molecule is CC(=O)Nc1ccc2ncn(-c3ccnc(NC(C)c4ccccc4)n3)c2c1. The van der Waals surface area contributed by atoms with Gasteiger partial charge >= 0.3 is 0 Å². The Morgan fingerprint density at radius 2 is 1.89 bits per heavy atom. The van der Waals surface area contributed by atoms with Crippen LogP contribution in [0.1, 0.15) is 25.5 Å². The summed E-state index contributed by atoms with van der Waals surface area (Å²) in [5.41, 5.74) is 3.54. The molecule has 0 spiro atoms. The monoisotopic (exact) mass is 372 g/mol. The molecule has 0 aliphatic rings. The summed E-state index contributed by atoms with van der Waals surface area (Å²) in [5.74, 6) is 1.11. The second-order valence-corrected chi connectivity index (χ2v) is 6.51. The summed E-state index contributed by atoms with van der Waals surface area (Å²) in [6, 6.07) is 17.6. The van der Waals surface area contributed by atoms with Crippen LogP contribution in [0, 0.1) is 0 Å². The van der Waals surface area contributed by atoms with Gasteiger partial charge in [0.25, 0.3) is 0 Å². The lowest BCUT2D eigenvalue weighted by Crippen LogP contribution is -2.10. The normalized spacial score (nSPS) is 11.9. The molecule has 0 saturated heterocycles. The van der Waals surface area contributed by atoms with E-state index < -0.39 is 0 Å². The van der Waals surface area contributed by atoms with E-state index in [1.165, 1.54) is 6.92 Å². The number of nitrogens with zero attached hydrogens (tertiary/aromatic N) is 4. The van der Waals surface area contributed by atoms with E-state index in [1.807, 2.05) is 47.0 Å². The summed E-state index contributed by atoms with van der Waals surface area (Å²) in [7, 11) is 0. The molecule has 0 radical (unpaired) electrons. The van der Waals surface area contributed by atoms with Crippen LogP contribution in [-0.4, -0.2) is 25.4 Å². The van der Waals surface area contributed by atoms with Crippen molar-refractivity contribution in [1.82, 2.24) is 19.5 Å². The number of hydrogen-bond acceptors (Lipinski definition) is 5. The van der Waals surface area contributed by atoms with Crippen LogP contribution in [0.3, 0.4) is 0 Å². The Labute approximate surface area is 162 Å². The number of anilines is 2. The summed E-state index contributed by atoms with van der Waals surface area (Å²) in [5, 5.41) is 6.13. The van der Waals surface area contributed by atoms with Gasteiger partial charge in [-0.05, 0) is 36.8 Å². The van der Waals surface area contributed by atoms with E-state index in [2.05, 4.69) is 44.6 Å². The van der Waals surface area contributed by atoms with Crippen LogP contribution in [0.2, 0.25) is 0 Å². The molecule has 2 aromatic carbocycles. The predicted molar refractivity (Wildman–Crippen MR) is 109 cm³/mol. The van der Waals surface area contributed by atoms with Crippen LogP contribution in [0.4, 0.5) is 11.6 Å². The van der Waals surface area contributed by atoms with Crippen LogP contribution in [0.15, 0.2) is 67.1 Å². The third-order valence-corrected chi connectivity index (χ3v) is 4.40. The molecule has 28 heavy (non-hydrogen) atoms. The van der Waals surface area contributed by atoms with E-state index in [0.29, 0.717) is 17.5 Å². The average Bonchev–Trinajstić information content (AvgIpc) is 3.11. The molecule has 7 heteroatoms. The van der Waals surface area contributed by atoms with Crippen LogP contribution in [0.25, 0.3) is 16.9 Å². The minimum Gasteiger partial charge on any atom is -0.348 e. The molecule has 2 aromatic heterocycles. The van der Waals surface area contributed by atoms with Crippen molar-refractivity contribution in [2.24, 2.45) is 0 Å². The first kappa shape index (κ1) is 17.7. The van der Waals surface area contributed by atoms with Crippen molar-refractivity contribution in [3.05, 3.63) is 72.7 Å². The second kappa shape index (κ2) is 7.48. The number of aromatic nitrogens is 4. The van der Waals surface area contributed by atoms with Crippen molar-refractivity contribution >= 4 is 28.6 Å². The maximum atomic E-state index is 11.3. The summed E-state index contributed by atoms with van der Waals surface area (Å²) in [4.78, 5) is 24.7. The summed E-state index contributed by atoms with van der Waals surface area (Å²) >= 11 is 0. The quantitative estimate of drug-likeness (QED) is 0.554. The molecule has 1 atom stereocenters. The fraction of sp³-hybridized carbons (Fsp3) is 0.143. The third kappa shape index (κ3) is 3.68. The van der Waals surface area contributed by atoms with Gasteiger partial charge in [0.1, 0.15) is 12.1 Å². The van der Waals surface area contributed by atoms with Gasteiger partial charge in [-0.1, -0.05) is 30.3 Å². The highest BCUT2D eigenvalue weighted by atomic mass is 16.1. The van der Waals surface area contributed by atoms with E-state index in [9.17, 15) is 4.79 Å². The first-order valence-corrected chi connectivity index (χ1v) is 9.00. The fourth-order valence-corrected chi connectivity index (χ4v) is 3.04. The number of carbonyl (C=O) groups is 1. The van der Waals surface area contributed by atoms with Crippen LogP contribution in [0.5, 0.6) is 0 Å². The largest absolute Gasteiger partial charge is 0.348 e. The predicted octanol–water partition coefficient (Wildman–Crippen LogP) is 3.95. The lowest BCUT2D eigenvalue weighted by atomic mass is 10.1. The summed E-state index contributed by atoms with van der Waals surface area (Å²) in [6.45, 7) is 3.55. The molecule has 7 nitrogen and oxygen atoms in total. The molecule has 2 N–H and O–H groups in total. The van der Waals surface area contributed by atoms with E-state index in [-0.39, 0.29) is 11.9 Å². The number of carbonyl (C=O) groups excluding carboxylic acids is 1. The van der Waals surface area contributed by atoms with Gasteiger partial charge in [0.15, 0.2) is 0 Å². The Kier molecular flexibility index (Phi) is 4.72. The Morgan fingerprint density at radius 1 is 1.07 bits per heavy atom. The van der Waals surface area contributed by atoms with Crippen LogP contribution < -0.4 is 10.6 Å². The van der Waals surface area contributed by atoms with E-state index >= 15 is 0 Å². The van der Waals surface area contributed by atoms with Crippen LogP contribution >= 0.6 is 0 Å². The van der Waals surface area contributed by atoms with Gasteiger partial charge in [-0.3, -0.25) is 9.36 Å². The number of hydrogen-bond donors (Lipinski definition) is 2. The molecule has 0 saturated carbocycles. The maximum absolute atomic E-state index is 11.3. The number of amides is 1. The highest BCUT2D eigenvalue weighted by molar-refractivity contribution is 5.91. The second-order valence-electron chi connectivity index (χ2n) is 6.51. The fourth-order valence-electron chi connectivity index (χ4n) is 3.04. The highest BCUT2D eigenvalue weighted by Gasteiger charge is 2.10. The molecule has 1 unspecified atom stereocenters. The molecule has 140 valence electrons. The van der Waals surface area contributed by atoms with E-state index in [0.717, 1.165) is 16.6 Å².